The van der Waals surface area contributed by atoms with Gasteiger partial charge < -0.3 is 50.0 Å². The third kappa shape index (κ3) is 4.16. The molecule has 0 radical (unpaired) electrons. The molecule has 10 atom stereocenters. The van der Waals surface area contributed by atoms with Crippen molar-refractivity contribution in [3.63, 3.8) is 0 Å². The average molecular weight is 405 g/mol. The molecule has 2 aliphatic rings. The zero-order valence-corrected chi connectivity index (χ0v) is 14.2. The van der Waals surface area contributed by atoms with Crippen LogP contribution in [-0.4, -0.2) is 118 Å². The Balaban J connectivity index is 2.19. The molecule has 0 aromatic carbocycles. The van der Waals surface area contributed by atoms with Gasteiger partial charge in [0, 0.05) is 0 Å². The highest BCUT2D eigenvalue weighted by atomic mass is 32.2. The van der Waals surface area contributed by atoms with E-state index in [-0.39, 0.29) is 0 Å². The highest BCUT2D eigenvalue weighted by Crippen LogP contribution is 2.30. The largest absolute Gasteiger partial charge is 0.394 e. The molecule has 0 aliphatic carbocycles. The number of primary sulfonamides is 1. The number of aliphatic hydroxyl groups is 7. The van der Waals surface area contributed by atoms with Crippen LogP contribution in [0.1, 0.15) is 0 Å². The molecule has 2 aliphatic heterocycles. The predicted octanol–water partition coefficient (Wildman–Crippen LogP) is -6.10. The average Bonchev–Trinajstić information content (AvgIpc) is 2.58. The SMILES string of the molecule is NS(=O)(=O)[C@@H]1O[C@H](CO)[C@H](O[C@H]2O[C@H](CO)[C@@H](O)[C@H](O)[C@H]2O)[C@H](O)[C@H]1O. The van der Waals surface area contributed by atoms with E-state index in [2.05, 4.69) is 0 Å². The number of sulfonamides is 1. The van der Waals surface area contributed by atoms with Crippen molar-refractivity contribution in [3.8, 4) is 0 Å². The van der Waals surface area contributed by atoms with Gasteiger partial charge in [-0.2, -0.15) is 0 Å². The smallest absolute Gasteiger partial charge is 0.239 e. The van der Waals surface area contributed by atoms with E-state index in [0.29, 0.717) is 0 Å². The van der Waals surface area contributed by atoms with E-state index in [0.717, 1.165) is 0 Å². The van der Waals surface area contributed by atoms with E-state index >= 15 is 0 Å². The third-order valence-corrected chi connectivity index (χ3v) is 5.32. The summed E-state index contributed by atoms with van der Waals surface area (Å²) in [5, 5.41) is 72.9. The zero-order valence-electron chi connectivity index (χ0n) is 13.3. The molecule has 0 spiro atoms. The van der Waals surface area contributed by atoms with Crippen LogP contribution in [0, 0.1) is 0 Å². The van der Waals surface area contributed by atoms with E-state index in [1.54, 1.807) is 0 Å². The summed E-state index contributed by atoms with van der Waals surface area (Å²) in [5.41, 5.74) is -2.02. The van der Waals surface area contributed by atoms with Gasteiger partial charge in [0.15, 0.2) is 6.29 Å². The topological polar surface area (TPSA) is 229 Å². The Labute approximate surface area is 148 Å². The standard InChI is InChI=1S/C12H23NO12S/c13-26(21,22)12-9(20)7(18)10(4(2-15)24-12)25-11-8(19)6(17)5(16)3(1-14)23-11/h3-12,14-20H,1-2H2,(H2,13,21,22)/t3-,4-,5-,6+,7-,8-,9-,10+,11-,12+/m1/s1. The number of ether oxygens (including phenoxy) is 3. The van der Waals surface area contributed by atoms with Crippen LogP contribution in [0.3, 0.4) is 0 Å². The number of aliphatic hydroxyl groups excluding tert-OH is 7. The molecule has 13 nitrogen and oxygen atoms in total. The van der Waals surface area contributed by atoms with E-state index in [1.807, 2.05) is 0 Å². The molecule has 0 aromatic rings. The van der Waals surface area contributed by atoms with Gasteiger partial charge >= 0.3 is 0 Å². The van der Waals surface area contributed by atoms with Crippen LogP contribution < -0.4 is 5.14 Å². The van der Waals surface area contributed by atoms with E-state index in [1.165, 1.54) is 0 Å². The fourth-order valence-corrected chi connectivity index (χ4v) is 3.67. The lowest BCUT2D eigenvalue weighted by Gasteiger charge is -2.45. The Morgan fingerprint density at radius 2 is 1.38 bits per heavy atom. The maximum atomic E-state index is 11.4. The molecule has 0 saturated carbocycles. The molecule has 2 rings (SSSR count). The summed E-state index contributed by atoms with van der Waals surface area (Å²) in [5.74, 6) is 0. The first-order valence-electron chi connectivity index (χ1n) is 7.63. The molecular formula is C12H23NO12S. The number of nitrogens with two attached hydrogens (primary N) is 1. The molecule has 0 bridgehead atoms. The molecule has 9 N–H and O–H groups in total. The van der Waals surface area contributed by atoms with E-state index < -0.39 is 83.8 Å². The van der Waals surface area contributed by atoms with Gasteiger partial charge in [-0.3, -0.25) is 0 Å². The van der Waals surface area contributed by atoms with Crippen LogP contribution in [0.4, 0.5) is 0 Å². The van der Waals surface area contributed by atoms with Crippen molar-refractivity contribution in [1.29, 1.82) is 0 Å². The number of rotatable bonds is 5. The summed E-state index contributed by atoms with van der Waals surface area (Å²) >= 11 is 0. The van der Waals surface area contributed by atoms with Gasteiger partial charge in [-0.1, -0.05) is 0 Å². The minimum Gasteiger partial charge on any atom is -0.394 e. The van der Waals surface area contributed by atoms with Gasteiger partial charge in [0.05, 0.1) is 13.2 Å². The van der Waals surface area contributed by atoms with Crippen molar-refractivity contribution >= 4 is 10.0 Å². The molecule has 0 unspecified atom stereocenters. The highest BCUT2D eigenvalue weighted by molar-refractivity contribution is 7.89. The third-order valence-electron chi connectivity index (χ3n) is 4.28. The van der Waals surface area contributed by atoms with E-state index in [9.17, 15) is 39.1 Å². The lowest BCUT2D eigenvalue weighted by molar-refractivity contribution is -0.338. The first-order valence-corrected chi connectivity index (χ1v) is 9.24. The first-order chi connectivity index (χ1) is 12.0. The fourth-order valence-electron chi connectivity index (χ4n) is 2.83. The summed E-state index contributed by atoms with van der Waals surface area (Å²) < 4.78 is 38.2. The van der Waals surface area contributed by atoms with Crippen LogP contribution in [0.15, 0.2) is 0 Å². The molecule has 26 heavy (non-hydrogen) atoms. The summed E-state index contributed by atoms with van der Waals surface area (Å²) in [7, 11) is -4.43. The molecule has 14 heteroatoms. The quantitative estimate of drug-likeness (QED) is 0.214. The molecule has 2 fully saturated rings. The van der Waals surface area contributed by atoms with E-state index in [4.69, 9.17) is 24.5 Å². The number of hydrogen-bond acceptors (Lipinski definition) is 12. The lowest BCUT2D eigenvalue weighted by Crippen LogP contribution is -2.65. The van der Waals surface area contributed by atoms with Gasteiger partial charge in [-0.15, -0.1) is 0 Å². The maximum Gasteiger partial charge on any atom is 0.239 e. The Hall–Kier alpha value is -0.490. The first kappa shape index (κ1) is 21.8. The number of hydrogen-bond donors (Lipinski definition) is 8. The molecule has 0 aromatic heterocycles. The van der Waals surface area contributed by atoms with Crippen LogP contribution >= 0.6 is 0 Å². The summed E-state index contributed by atoms with van der Waals surface area (Å²) in [6, 6.07) is 0. The lowest BCUT2D eigenvalue weighted by atomic mass is 9.97. The van der Waals surface area contributed by atoms with Crippen molar-refractivity contribution in [2.24, 2.45) is 5.14 Å². The van der Waals surface area contributed by atoms with Gasteiger partial charge in [-0.25, -0.2) is 13.6 Å². The summed E-state index contributed by atoms with van der Waals surface area (Å²) in [6.07, 6.45) is -15.2. The van der Waals surface area contributed by atoms with Crippen LogP contribution in [0.2, 0.25) is 0 Å². The molecular weight excluding hydrogens is 382 g/mol. The second-order valence-corrected chi connectivity index (χ2v) is 7.74. The second kappa shape index (κ2) is 8.26. The van der Waals surface area contributed by atoms with Crippen molar-refractivity contribution in [1.82, 2.24) is 0 Å². The van der Waals surface area contributed by atoms with Crippen molar-refractivity contribution in [3.05, 3.63) is 0 Å². The maximum absolute atomic E-state index is 11.4. The normalized spacial score (nSPS) is 47.7. The van der Waals surface area contributed by atoms with Crippen LogP contribution in [-0.2, 0) is 24.2 Å². The summed E-state index contributed by atoms with van der Waals surface area (Å²) in [6.45, 7) is -1.58. The summed E-state index contributed by atoms with van der Waals surface area (Å²) in [4.78, 5) is 0. The highest BCUT2D eigenvalue weighted by Gasteiger charge is 2.52. The van der Waals surface area contributed by atoms with Crippen LogP contribution in [0.5, 0.6) is 0 Å². The Kier molecular flexibility index (Phi) is 6.92. The molecule has 2 heterocycles. The minimum atomic E-state index is -4.43. The molecule has 2 saturated heterocycles. The Morgan fingerprint density at radius 3 is 1.88 bits per heavy atom. The predicted molar refractivity (Wildman–Crippen MR) is 79.5 cm³/mol. The van der Waals surface area contributed by atoms with Crippen molar-refractivity contribution in [2.45, 2.75) is 60.6 Å². The zero-order chi connectivity index (χ0) is 19.8. The van der Waals surface area contributed by atoms with Gasteiger partial charge in [-0.05, 0) is 0 Å². The second-order valence-electron chi connectivity index (χ2n) is 6.09. The molecule has 154 valence electrons. The monoisotopic (exact) mass is 405 g/mol. The van der Waals surface area contributed by atoms with Crippen LogP contribution in [0.25, 0.3) is 0 Å². The van der Waals surface area contributed by atoms with Gasteiger partial charge in [0.1, 0.15) is 48.8 Å². The van der Waals surface area contributed by atoms with Gasteiger partial charge in [0.2, 0.25) is 15.5 Å². The minimum absolute atomic E-state index is 0.728. The van der Waals surface area contributed by atoms with Crippen molar-refractivity contribution in [2.75, 3.05) is 13.2 Å². The fraction of sp³-hybridized carbons (Fsp3) is 1.00. The van der Waals surface area contributed by atoms with Gasteiger partial charge in [0.25, 0.3) is 0 Å². The van der Waals surface area contributed by atoms with Crippen molar-refractivity contribution < 1.29 is 58.4 Å². The molecule has 0 amide bonds. The Morgan fingerprint density at radius 1 is 0.808 bits per heavy atom. The Bertz CT molecular complexity index is 571.